The van der Waals surface area contributed by atoms with Gasteiger partial charge in [0.25, 0.3) is 0 Å². The van der Waals surface area contributed by atoms with Crippen LogP contribution in [0.25, 0.3) is 11.6 Å². The molecule has 0 amide bonds. The Hall–Kier alpha value is -3.26. The summed E-state index contributed by atoms with van der Waals surface area (Å²) in [7, 11) is 1.45. The second-order valence-corrected chi connectivity index (χ2v) is 4.48. The number of hydrogen-bond acceptors (Lipinski definition) is 4. The summed E-state index contributed by atoms with van der Waals surface area (Å²) in [4.78, 5) is 10.8. The molecule has 2 aromatic carbocycles. The van der Waals surface area contributed by atoms with E-state index in [0.29, 0.717) is 22.4 Å². The van der Waals surface area contributed by atoms with Gasteiger partial charge in [-0.1, -0.05) is 18.2 Å². The monoisotopic (exact) mass is 295 g/mol. The van der Waals surface area contributed by atoms with Crippen molar-refractivity contribution in [3.05, 3.63) is 59.2 Å². The standard InChI is InChI=1S/C17H13NO4/c1-22-16-7-2-11(9-15(16)19)8-14(10-18)12-3-5-13(6-4-12)17(20)21/h2-9,19H,1H3,(H,20,21)/b14-8-. The lowest BCUT2D eigenvalue weighted by molar-refractivity contribution is 0.0697. The fourth-order valence-corrected chi connectivity index (χ4v) is 1.94. The van der Waals surface area contributed by atoms with Gasteiger partial charge >= 0.3 is 5.97 Å². The van der Waals surface area contributed by atoms with Crippen molar-refractivity contribution in [3.63, 3.8) is 0 Å². The average molecular weight is 295 g/mol. The Morgan fingerprint density at radius 3 is 2.32 bits per heavy atom. The van der Waals surface area contributed by atoms with Crippen molar-refractivity contribution < 1.29 is 19.7 Å². The van der Waals surface area contributed by atoms with Crippen LogP contribution in [-0.2, 0) is 0 Å². The predicted octanol–water partition coefficient (Wildman–Crippen LogP) is 3.16. The number of carboxylic acids is 1. The van der Waals surface area contributed by atoms with Crippen molar-refractivity contribution in [3.8, 4) is 17.6 Å². The van der Waals surface area contributed by atoms with Crippen LogP contribution in [0.4, 0.5) is 0 Å². The summed E-state index contributed by atoms with van der Waals surface area (Å²) in [5, 5.41) is 27.9. The van der Waals surface area contributed by atoms with E-state index in [1.165, 1.54) is 25.3 Å². The maximum absolute atomic E-state index is 10.8. The molecule has 0 saturated carbocycles. The van der Waals surface area contributed by atoms with E-state index in [1.807, 2.05) is 0 Å². The molecule has 0 fully saturated rings. The van der Waals surface area contributed by atoms with E-state index >= 15 is 0 Å². The first-order valence-electron chi connectivity index (χ1n) is 6.37. The number of allylic oxidation sites excluding steroid dienone is 1. The molecule has 0 unspecified atom stereocenters. The van der Waals surface area contributed by atoms with E-state index in [9.17, 15) is 15.2 Å². The second-order valence-electron chi connectivity index (χ2n) is 4.48. The van der Waals surface area contributed by atoms with Crippen molar-refractivity contribution in [2.24, 2.45) is 0 Å². The number of ether oxygens (including phenoxy) is 1. The lowest BCUT2D eigenvalue weighted by atomic mass is 10.0. The number of nitrogens with zero attached hydrogens (tertiary/aromatic N) is 1. The SMILES string of the molecule is COc1ccc(/C=C(/C#N)c2ccc(C(=O)O)cc2)cc1O. The number of methoxy groups -OCH3 is 1. The lowest BCUT2D eigenvalue weighted by Crippen LogP contribution is -1.95. The first-order valence-corrected chi connectivity index (χ1v) is 6.37. The highest BCUT2D eigenvalue weighted by Crippen LogP contribution is 2.28. The lowest BCUT2D eigenvalue weighted by Gasteiger charge is -2.05. The quantitative estimate of drug-likeness (QED) is 0.668. The molecule has 0 aromatic heterocycles. The number of aromatic hydroxyl groups is 1. The first kappa shape index (κ1) is 15.1. The number of hydrogen-bond donors (Lipinski definition) is 2. The average Bonchev–Trinajstić information content (AvgIpc) is 2.53. The molecule has 0 radical (unpaired) electrons. The molecule has 0 bridgehead atoms. The number of carboxylic acid groups (broad SMARTS) is 1. The molecule has 0 heterocycles. The van der Waals surface area contributed by atoms with Gasteiger partial charge in [-0.25, -0.2) is 4.79 Å². The van der Waals surface area contributed by atoms with Gasteiger partial charge in [-0.3, -0.25) is 0 Å². The summed E-state index contributed by atoms with van der Waals surface area (Å²) in [6, 6.07) is 12.9. The Kier molecular flexibility index (Phi) is 4.44. The van der Waals surface area contributed by atoms with Gasteiger partial charge in [0, 0.05) is 0 Å². The number of aromatic carboxylic acids is 1. The van der Waals surface area contributed by atoms with Crippen LogP contribution in [0.3, 0.4) is 0 Å². The molecule has 0 atom stereocenters. The van der Waals surface area contributed by atoms with E-state index in [-0.39, 0.29) is 11.3 Å². The number of nitriles is 1. The fourth-order valence-electron chi connectivity index (χ4n) is 1.94. The third-order valence-corrected chi connectivity index (χ3v) is 3.08. The van der Waals surface area contributed by atoms with Crippen molar-refractivity contribution in [2.75, 3.05) is 7.11 Å². The van der Waals surface area contributed by atoms with Crippen molar-refractivity contribution in [1.29, 1.82) is 5.26 Å². The van der Waals surface area contributed by atoms with Gasteiger partial charge in [0.15, 0.2) is 11.5 Å². The summed E-state index contributed by atoms with van der Waals surface area (Å²) in [5.74, 6) is -0.689. The first-order chi connectivity index (χ1) is 10.5. The summed E-state index contributed by atoms with van der Waals surface area (Å²) >= 11 is 0. The molecule has 0 aliphatic carbocycles. The van der Waals surface area contributed by atoms with Gasteiger partial charge in [-0.15, -0.1) is 0 Å². The summed E-state index contributed by atoms with van der Waals surface area (Å²) < 4.78 is 4.96. The molecule has 0 aliphatic rings. The molecule has 22 heavy (non-hydrogen) atoms. The molecule has 5 nitrogen and oxygen atoms in total. The van der Waals surface area contributed by atoms with Crippen molar-refractivity contribution in [2.45, 2.75) is 0 Å². The highest BCUT2D eigenvalue weighted by Gasteiger charge is 2.06. The van der Waals surface area contributed by atoms with E-state index in [2.05, 4.69) is 6.07 Å². The Morgan fingerprint density at radius 2 is 1.82 bits per heavy atom. The molecule has 5 heteroatoms. The maximum atomic E-state index is 10.8. The number of rotatable bonds is 4. The van der Waals surface area contributed by atoms with Gasteiger partial charge in [-0.2, -0.15) is 5.26 Å². The molecule has 0 aliphatic heterocycles. The molecular weight excluding hydrogens is 282 g/mol. The number of carbonyl (C=O) groups is 1. The summed E-state index contributed by atoms with van der Waals surface area (Å²) in [6.45, 7) is 0. The number of phenolic OH excluding ortho intramolecular Hbond substituents is 1. The van der Waals surface area contributed by atoms with Crippen LogP contribution in [0.5, 0.6) is 11.5 Å². The van der Waals surface area contributed by atoms with Crippen LogP contribution in [0, 0.1) is 11.3 Å². The molecule has 110 valence electrons. The van der Waals surface area contributed by atoms with Crippen LogP contribution in [0.15, 0.2) is 42.5 Å². The van der Waals surface area contributed by atoms with E-state index in [1.54, 1.807) is 30.3 Å². The van der Waals surface area contributed by atoms with Crippen molar-refractivity contribution in [1.82, 2.24) is 0 Å². The third-order valence-electron chi connectivity index (χ3n) is 3.08. The van der Waals surface area contributed by atoms with E-state index in [0.717, 1.165) is 0 Å². The Balaban J connectivity index is 2.37. The zero-order chi connectivity index (χ0) is 16.1. The zero-order valence-corrected chi connectivity index (χ0v) is 11.8. The smallest absolute Gasteiger partial charge is 0.335 e. The minimum atomic E-state index is -1.02. The minimum absolute atomic E-state index is 0.0187. The summed E-state index contributed by atoms with van der Waals surface area (Å²) in [5.41, 5.74) is 1.75. The topological polar surface area (TPSA) is 90.5 Å². The van der Waals surface area contributed by atoms with Crippen LogP contribution in [0.1, 0.15) is 21.5 Å². The van der Waals surface area contributed by atoms with Gasteiger partial charge in [0.05, 0.1) is 24.3 Å². The van der Waals surface area contributed by atoms with Gasteiger partial charge < -0.3 is 14.9 Å². The Bertz CT molecular complexity index is 770. The van der Waals surface area contributed by atoms with Crippen LogP contribution < -0.4 is 4.74 Å². The maximum Gasteiger partial charge on any atom is 0.335 e. The molecule has 2 N–H and O–H groups in total. The second kappa shape index (κ2) is 6.46. The van der Waals surface area contributed by atoms with Gasteiger partial charge in [0.2, 0.25) is 0 Å². The molecule has 2 aromatic rings. The molecular formula is C17H13NO4. The van der Waals surface area contributed by atoms with Crippen molar-refractivity contribution >= 4 is 17.6 Å². The molecule has 0 saturated heterocycles. The highest BCUT2D eigenvalue weighted by molar-refractivity contribution is 5.92. The predicted molar refractivity (Wildman–Crippen MR) is 81.5 cm³/mol. The van der Waals surface area contributed by atoms with Crippen LogP contribution in [-0.4, -0.2) is 23.3 Å². The van der Waals surface area contributed by atoms with E-state index in [4.69, 9.17) is 9.84 Å². The Morgan fingerprint density at radius 1 is 1.18 bits per heavy atom. The molecule has 0 spiro atoms. The van der Waals surface area contributed by atoms with Crippen LogP contribution in [0.2, 0.25) is 0 Å². The largest absolute Gasteiger partial charge is 0.504 e. The van der Waals surface area contributed by atoms with Gasteiger partial charge in [-0.05, 0) is 41.5 Å². The summed E-state index contributed by atoms with van der Waals surface area (Å²) in [6.07, 6.45) is 1.61. The fraction of sp³-hybridized carbons (Fsp3) is 0.0588. The van der Waals surface area contributed by atoms with Gasteiger partial charge in [0.1, 0.15) is 0 Å². The number of phenols is 1. The Labute approximate surface area is 127 Å². The van der Waals surface area contributed by atoms with Crippen LogP contribution >= 0.6 is 0 Å². The normalized spacial score (nSPS) is 10.8. The minimum Gasteiger partial charge on any atom is -0.504 e. The highest BCUT2D eigenvalue weighted by atomic mass is 16.5. The zero-order valence-electron chi connectivity index (χ0n) is 11.8. The number of benzene rings is 2. The molecule has 2 rings (SSSR count). The third kappa shape index (κ3) is 3.25. The van der Waals surface area contributed by atoms with E-state index < -0.39 is 5.97 Å².